The van der Waals surface area contributed by atoms with Gasteiger partial charge in [-0.2, -0.15) is 0 Å². The number of ether oxygens (including phenoxy) is 1. The molecule has 6 heteroatoms. The van der Waals surface area contributed by atoms with Gasteiger partial charge in [0, 0.05) is 18.9 Å². The number of aliphatic carboxylic acids is 1. The minimum absolute atomic E-state index is 0.151. The standard InChI is InChI=1S/C12H13F3O3/c1-18-8-4-5-9(10(13)7-8)12(14,15)6-2-3-11(16)17/h4-5,7H,2-3,6H2,1H3,(H,16,17). The van der Waals surface area contributed by atoms with Gasteiger partial charge in [-0.1, -0.05) is 0 Å². The third-order valence-electron chi connectivity index (χ3n) is 2.45. The molecule has 100 valence electrons. The van der Waals surface area contributed by atoms with Crippen molar-refractivity contribution < 1.29 is 27.8 Å². The molecule has 0 aromatic heterocycles. The molecule has 0 aliphatic rings. The van der Waals surface area contributed by atoms with Gasteiger partial charge in [0.1, 0.15) is 11.6 Å². The van der Waals surface area contributed by atoms with Crippen molar-refractivity contribution >= 4 is 5.97 Å². The molecule has 0 bridgehead atoms. The fraction of sp³-hybridized carbons (Fsp3) is 0.417. The SMILES string of the molecule is COc1ccc(C(F)(F)CCCC(=O)O)c(F)c1. The summed E-state index contributed by atoms with van der Waals surface area (Å²) in [5.74, 6) is -5.44. The topological polar surface area (TPSA) is 46.5 Å². The van der Waals surface area contributed by atoms with Crippen LogP contribution in [0.25, 0.3) is 0 Å². The van der Waals surface area contributed by atoms with Crippen molar-refractivity contribution in [3.63, 3.8) is 0 Å². The van der Waals surface area contributed by atoms with Crippen LogP contribution in [-0.4, -0.2) is 18.2 Å². The van der Waals surface area contributed by atoms with Crippen LogP contribution in [0.1, 0.15) is 24.8 Å². The number of benzene rings is 1. The number of halogens is 3. The Kier molecular flexibility index (Phi) is 4.58. The minimum Gasteiger partial charge on any atom is -0.497 e. The molecule has 0 unspecified atom stereocenters. The van der Waals surface area contributed by atoms with Crippen molar-refractivity contribution in [2.75, 3.05) is 7.11 Å². The van der Waals surface area contributed by atoms with Crippen molar-refractivity contribution in [1.82, 2.24) is 0 Å². The fourth-order valence-electron chi connectivity index (χ4n) is 1.52. The van der Waals surface area contributed by atoms with E-state index in [2.05, 4.69) is 0 Å². The van der Waals surface area contributed by atoms with E-state index in [-0.39, 0.29) is 18.6 Å². The molecule has 1 N–H and O–H groups in total. The summed E-state index contributed by atoms with van der Waals surface area (Å²) >= 11 is 0. The Morgan fingerprint density at radius 1 is 1.44 bits per heavy atom. The summed E-state index contributed by atoms with van der Waals surface area (Å²) in [5, 5.41) is 8.37. The molecule has 1 aromatic carbocycles. The second-order valence-corrected chi connectivity index (χ2v) is 3.80. The van der Waals surface area contributed by atoms with Gasteiger partial charge in [0.15, 0.2) is 0 Å². The van der Waals surface area contributed by atoms with Crippen molar-refractivity contribution in [3.8, 4) is 5.75 Å². The van der Waals surface area contributed by atoms with Crippen LogP contribution in [0.3, 0.4) is 0 Å². The highest BCUT2D eigenvalue weighted by molar-refractivity contribution is 5.66. The number of carboxylic acid groups (broad SMARTS) is 1. The highest BCUT2D eigenvalue weighted by Gasteiger charge is 2.34. The molecule has 0 aliphatic heterocycles. The summed E-state index contributed by atoms with van der Waals surface area (Å²) in [6.07, 6.45) is -1.29. The van der Waals surface area contributed by atoms with Gasteiger partial charge in [-0.25, -0.2) is 13.2 Å². The van der Waals surface area contributed by atoms with Crippen molar-refractivity contribution in [3.05, 3.63) is 29.6 Å². The summed E-state index contributed by atoms with van der Waals surface area (Å²) < 4.78 is 45.4. The van der Waals surface area contributed by atoms with Gasteiger partial charge in [0.25, 0.3) is 5.92 Å². The van der Waals surface area contributed by atoms with Crippen LogP contribution < -0.4 is 4.74 Å². The molecular weight excluding hydrogens is 249 g/mol. The predicted molar refractivity (Wildman–Crippen MR) is 58.3 cm³/mol. The van der Waals surface area contributed by atoms with Crippen LogP contribution in [0, 0.1) is 5.82 Å². The van der Waals surface area contributed by atoms with E-state index in [0.717, 1.165) is 12.1 Å². The normalized spacial score (nSPS) is 11.3. The number of methoxy groups -OCH3 is 1. The summed E-state index contributed by atoms with van der Waals surface area (Å²) in [4.78, 5) is 10.2. The lowest BCUT2D eigenvalue weighted by atomic mass is 10.0. The summed E-state index contributed by atoms with van der Waals surface area (Å²) in [6.45, 7) is 0. The zero-order chi connectivity index (χ0) is 13.8. The molecule has 0 saturated heterocycles. The second-order valence-electron chi connectivity index (χ2n) is 3.80. The number of carbonyl (C=O) groups is 1. The molecule has 0 heterocycles. The van der Waals surface area contributed by atoms with Gasteiger partial charge >= 0.3 is 5.97 Å². The van der Waals surface area contributed by atoms with E-state index in [4.69, 9.17) is 9.84 Å². The molecule has 3 nitrogen and oxygen atoms in total. The largest absolute Gasteiger partial charge is 0.497 e. The van der Waals surface area contributed by atoms with Crippen LogP contribution in [0.2, 0.25) is 0 Å². The molecule has 0 fully saturated rings. The number of rotatable bonds is 6. The first kappa shape index (κ1) is 14.3. The lowest BCUT2D eigenvalue weighted by molar-refractivity contribution is -0.137. The number of carboxylic acids is 1. The molecule has 0 aliphatic carbocycles. The van der Waals surface area contributed by atoms with Crippen LogP contribution in [0.4, 0.5) is 13.2 Å². The summed E-state index contributed by atoms with van der Waals surface area (Å²) in [6, 6.07) is 3.07. The lowest BCUT2D eigenvalue weighted by Gasteiger charge is -2.17. The third-order valence-corrected chi connectivity index (χ3v) is 2.45. The van der Waals surface area contributed by atoms with Crippen molar-refractivity contribution in [2.45, 2.75) is 25.2 Å². The van der Waals surface area contributed by atoms with E-state index in [9.17, 15) is 18.0 Å². The molecule has 18 heavy (non-hydrogen) atoms. The van der Waals surface area contributed by atoms with Gasteiger partial charge in [0.2, 0.25) is 0 Å². The molecule has 0 radical (unpaired) electrons. The average molecular weight is 262 g/mol. The molecular formula is C12H13F3O3. The summed E-state index contributed by atoms with van der Waals surface area (Å²) in [7, 11) is 1.31. The highest BCUT2D eigenvalue weighted by Crippen LogP contribution is 2.36. The van der Waals surface area contributed by atoms with E-state index in [1.54, 1.807) is 0 Å². The van der Waals surface area contributed by atoms with Gasteiger partial charge in [0.05, 0.1) is 12.7 Å². The van der Waals surface area contributed by atoms with E-state index in [1.807, 2.05) is 0 Å². The molecule has 0 spiro atoms. The van der Waals surface area contributed by atoms with Gasteiger partial charge in [-0.3, -0.25) is 4.79 Å². The maximum absolute atomic E-state index is 13.6. The van der Waals surface area contributed by atoms with E-state index < -0.39 is 29.7 Å². The first-order chi connectivity index (χ1) is 8.36. The Morgan fingerprint density at radius 3 is 2.61 bits per heavy atom. The Morgan fingerprint density at radius 2 is 2.11 bits per heavy atom. The van der Waals surface area contributed by atoms with E-state index in [0.29, 0.717) is 0 Å². The summed E-state index contributed by atoms with van der Waals surface area (Å²) in [5.41, 5.74) is -0.742. The Bertz CT molecular complexity index is 433. The molecule has 0 atom stereocenters. The lowest BCUT2D eigenvalue weighted by Crippen LogP contribution is -2.16. The van der Waals surface area contributed by atoms with Gasteiger partial charge in [-0.15, -0.1) is 0 Å². The van der Waals surface area contributed by atoms with Crippen LogP contribution in [0.15, 0.2) is 18.2 Å². The van der Waals surface area contributed by atoms with Crippen LogP contribution >= 0.6 is 0 Å². The Balaban J connectivity index is 2.80. The van der Waals surface area contributed by atoms with Crippen molar-refractivity contribution in [1.29, 1.82) is 0 Å². The first-order valence-electron chi connectivity index (χ1n) is 5.30. The molecule has 1 aromatic rings. The van der Waals surface area contributed by atoms with Crippen LogP contribution in [-0.2, 0) is 10.7 Å². The minimum atomic E-state index is -3.38. The zero-order valence-electron chi connectivity index (χ0n) is 9.75. The molecule has 0 amide bonds. The quantitative estimate of drug-likeness (QED) is 0.856. The zero-order valence-corrected chi connectivity index (χ0v) is 9.75. The highest BCUT2D eigenvalue weighted by atomic mass is 19.3. The third kappa shape index (κ3) is 3.65. The number of hydrogen-bond acceptors (Lipinski definition) is 2. The van der Waals surface area contributed by atoms with E-state index >= 15 is 0 Å². The van der Waals surface area contributed by atoms with Gasteiger partial charge in [-0.05, 0) is 18.6 Å². The monoisotopic (exact) mass is 262 g/mol. The van der Waals surface area contributed by atoms with Crippen molar-refractivity contribution in [2.24, 2.45) is 0 Å². The maximum Gasteiger partial charge on any atom is 0.303 e. The molecule has 0 saturated carbocycles. The number of alkyl halides is 2. The van der Waals surface area contributed by atoms with Gasteiger partial charge < -0.3 is 9.84 Å². The Hall–Kier alpha value is -1.72. The van der Waals surface area contributed by atoms with E-state index in [1.165, 1.54) is 13.2 Å². The Labute approximate surface area is 102 Å². The average Bonchev–Trinajstić information content (AvgIpc) is 2.27. The maximum atomic E-state index is 13.6. The second kappa shape index (κ2) is 5.75. The molecule has 1 rings (SSSR count). The van der Waals surface area contributed by atoms with Crippen LogP contribution in [0.5, 0.6) is 5.75 Å². The fourth-order valence-corrected chi connectivity index (χ4v) is 1.52. The predicted octanol–water partition coefficient (Wildman–Crippen LogP) is 3.18. The smallest absolute Gasteiger partial charge is 0.303 e. The number of hydrogen-bond donors (Lipinski definition) is 1. The first-order valence-corrected chi connectivity index (χ1v) is 5.30.